The fraction of sp³-hybridized carbons (Fsp3) is 0. The molecule has 0 unspecified atom stereocenters. The molecule has 0 spiro atoms. The minimum absolute atomic E-state index is 0.0839. The van der Waals surface area contributed by atoms with E-state index in [0.29, 0.717) is 16.7 Å². The summed E-state index contributed by atoms with van der Waals surface area (Å²) in [6.07, 6.45) is 5.86. The summed E-state index contributed by atoms with van der Waals surface area (Å²) in [4.78, 5) is 21.5. The molecular weight excluding hydrogens is 553 g/mol. The molecule has 2 aromatic heterocycles. The molecule has 146 valence electrons. The number of para-hydroxylation sites is 1. The second-order valence-electron chi connectivity index (χ2n) is 6.87. The smallest absolute Gasteiger partial charge is 0.266 e. The minimum atomic E-state index is -0.0839. The van der Waals surface area contributed by atoms with Gasteiger partial charge in [-0.15, -0.1) is 0 Å². The lowest BCUT2D eigenvalue weighted by molar-refractivity contribution is 0.943. The van der Waals surface area contributed by atoms with Gasteiger partial charge < -0.3 is 4.98 Å². The van der Waals surface area contributed by atoms with Gasteiger partial charge in [0.25, 0.3) is 5.56 Å². The normalized spacial score (nSPS) is 11.7. The zero-order valence-corrected chi connectivity index (χ0v) is 19.4. The predicted octanol–water partition coefficient (Wildman–Crippen LogP) is 6.40. The molecule has 30 heavy (non-hydrogen) atoms. The van der Waals surface area contributed by atoms with Crippen LogP contribution in [-0.2, 0) is 0 Å². The maximum atomic E-state index is 13.4. The Kier molecular flexibility index (Phi) is 5.04. The first-order valence-electron chi connectivity index (χ1n) is 9.32. The molecule has 0 bridgehead atoms. The third-order valence-corrected chi connectivity index (χ3v) is 6.17. The van der Waals surface area contributed by atoms with Gasteiger partial charge >= 0.3 is 0 Å². The van der Waals surface area contributed by atoms with E-state index in [-0.39, 0.29) is 5.56 Å². The first-order valence-corrected chi connectivity index (χ1v) is 11.2. The molecular formula is C24H15BrIN3O. The third-order valence-electron chi connectivity index (χ3n) is 4.97. The van der Waals surface area contributed by atoms with Gasteiger partial charge in [-0.05, 0) is 88.8 Å². The van der Waals surface area contributed by atoms with Gasteiger partial charge in [0.1, 0.15) is 5.82 Å². The number of fused-ring (bicyclic) bond motifs is 2. The Labute approximate surface area is 194 Å². The zero-order chi connectivity index (χ0) is 20.7. The van der Waals surface area contributed by atoms with Crippen LogP contribution in [0.2, 0.25) is 0 Å². The van der Waals surface area contributed by atoms with Crippen molar-refractivity contribution in [2.45, 2.75) is 0 Å². The van der Waals surface area contributed by atoms with Crippen molar-refractivity contribution in [2.75, 3.05) is 0 Å². The maximum absolute atomic E-state index is 13.4. The van der Waals surface area contributed by atoms with Gasteiger partial charge in [-0.3, -0.25) is 9.36 Å². The molecule has 6 heteroatoms. The molecule has 3 aromatic carbocycles. The standard InChI is InChI=1S/C24H15BrIN3O/c25-16-6-9-18(10-7-16)29-23(28-22-11-8-17(26)13-20(22)24(29)30)12-5-15-14-27-21-4-2-1-3-19(15)21/h1-14,27H. The fourth-order valence-electron chi connectivity index (χ4n) is 3.52. The van der Waals surface area contributed by atoms with Gasteiger partial charge in [0.05, 0.1) is 16.6 Å². The lowest BCUT2D eigenvalue weighted by Gasteiger charge is -2.12. The molecule has 0 aliphatic carbocycles. The van der Waals surface area contributed by atoms with Gasteiger partial charge in [0.15, 0.2) is 0 Å². The molecule has 0 saturated carbocycles. The van der Waals surface area contributed by atoms with Crippen molar-refractivity contribution in [3.05, 3.63) is 103 Å². The van der Waals surface area contributed by atoms with E-state index in [0.717, 1.165) is 30.2 Å². The zero-order valence-electron chi connectivity index (χ0n) is 15.6. The highest BCUT2D eigenvalue weighted by molar-refractivity contribution is 14.1. The highest BCUT2D eigenvalue weighted by Crippen LogP contribution is 2.22. The summed E-state index contributed by atoms with van der Waals surface area (Å²) in [7, 11) is 0. The maximum Gasteiger partial charge on any atom is 0.266 e. The van der Waals surface area contributed by atoms with Gasteiger partial charge in [0, 0.05) is 25.1 Å². The van der Waals surface area contributed by atoms with E-state index in [4.69, 9.17) is 4.98 Å². The molecule has 0 radical (unpaired) electrons. The second-order valence-corrected chi connectivity index (χ2v) is 9.03. The van der Waals surface area contributed by atoms with Crippen molar-refractivity contribution < 1.29 is 0 Å². The SMILES string of the molecule is O=c1c2cc(I)ccc2nc(C=Cc2c[nH]c3ccccc23)n1-c1ccc(Br)cc1. The highest BCUT2D eigenvalue weighted by atomic mass is 127. The average Bonchev–Trinajstić information content (AvgIpc) is 3.17. The van der Waals surface area contributed by atoms with Crippen LogP contribution in [0.4, 0.5) is 0 Å². The van der Waals surface area contributed by atoms with Gasteiger partial charge in [-0.2, -0.15) is 0 Å². The topological polar surface area (TPSA) is 50.7 Å². The molecule has 5 rings (SSSR count). The van der Waals surface area contributed by atoms with Crippen LogP contribution in [-0.4, -0.2) is 14.5 Å². The molecule has 0 aliphatic heterocycles. The first-order chi connectivity index (χ1) is 14.6. The third kappa shape index (κ3) is 3.50. The predicted molar refractivity (Wildman–Crippen MR) is 135 cm³/mol. The number of halogens is 2. The number of rotatable bonds is 3. The minimum Gasteiger partial charge on any atom is -0.361 e. The number of nitrogens with one attached hydrogen (secondary N) is 1. The Bertz CT molecular complexity index is 1480. The van der Waals surface area contributed by atoms with E-state index in [1.807, 2.05) is 79.0 Å². The van der Waals surface area contributed by atoms with Crippen molar-refractivity contribution in [2.24, 2.45) is 0 Å². The van der Waals surface area contributed by atoms with Crippen LogP contribution in [0, 0.1) is 3.57 Å². The van der Waals surface area contributed by atoms with Crippen LogP contribution in [0.5, 0.6) is 0 Å². The Morgan fingerprint density at radius 1 is 0.967 bits per heavy atom. The number of nitrogens with zero attached hydrogens (tertiary/aromatic N) is 2. The quantitative estimate of drug-likeness (QED) is 0.256. The van der Waals surface area contributed by atoms with E-state index in [1.54, 1.807) is 4.57 Å². The summed E-state index contributed by atoms with van der Waals surface area (Å²) in [6, 6.07) is 21.6. The van der Waals surface area contributed by atoms with Crippen LogP contribution in [0.15, 0.2) is 82.2 Å². The summed E-state index contributed by atoms with van der Waals surface area (Å²) >= 11 is 5.68. The molecule has 5 aromatic rings. The number of H-pyrrole nitrogens is 1. The van der Waals surface area contributed by atoms with Gasteiger partial charge in [0.2, 0.25) is 0 Å². The Balaban J connectivity index is 1.73. The van der Waals surface area contributed by atoms with E-state index < -0.39 is 0 Å². The van der Waals surface area contributed by atoms with Crippen LogP contribution in [0.25, 0.3) is 39.6 Å². The summed E-state index contributed by atoms with van der Waals surface area (Å²) in [6.45, 7) is 0. The van der Waals surface area contributed by atoms with Crippen molar-refractivity contribution >= 4 is 72.5 Å². The summed E-state index contributed by atoms with van der Waals surface area (Å²) < 4.78 is 3.62. The molecule has 1 N–H and O–H groups in total. The van der Waals surface area contributed by atoms with Crippen molar-refractivity contribution in [3.8, 4) is 5.69 Å². The Morgan fingerprint density at radius 3 is 2.60 bits per heavy atom. The van der Waals surface area contributed by atoms with Crippen LogP contribution < -0.4 is 5.56 Å². The van der Waals surface area contributed by atoms with Gasteiger partial charge in [-0.1, -0.05) is 34.1 Å². The van der Waals surface area contributed by atoms with Crippen molar-refractivity contribution in [3.63, 3.8) is 0 Å². The molecule has 2 heterocycles. The lowest BCUT2D eigenvalue weighted by atomic mass is 10.1. The molecule has 0 amide bonds. The summed E-state index contributed by atoms with van der Waals surface area (Å²) in [5.74, 6) is 0.585. The molecule has 4 nitrogen and oxygen atoms in total. The molecule has 0 saturated heterocycles. The van der Waals surface area contributed by atoms with Crippen LogP contribution >= 0.6 is 38.5 Å². The monoisotopic (exact) mass is 567 g/mol. The molecule has 0 fully saturated rings. The summed E-state index contributed by atoms with van der Waals surface area (Å²) in [5.41, 5.74) is 3.50. The number of hydrogen-bond donors (Lipinski definition) is 1. The number of benzene rings is 3. The van der Waals surface area contributed by atoms with Crippen LogP contribution in [0.1, 0.15) is 11.4 Å². The fourth-order valence-corrected chi connectivity index (χ4v) is 4.28. The number of hydrogen-bond acceptors (Lipinski definition) is 2. The van der Waals surface area contributed by atoms with Gasteiger partial charge in [-0.25, -0.2) is 4.98 Å². The second kappa shape index (κ2) is 7.85. The van der Waals surface area contributed by atoms with Crippen LogP contribution in [0.3, 0.4) is 0 Å². The van der Waals surface area contributed by atoms with E-state index in [9.17, 15) is 4.79 Å². The van der Waals surface area contributed by atoms with Crippen molar-refractivity contribution in [1.29, 1.82) is 0 Å². The van der Waals surface area contributed by atoms with Crippen molar-refractivity contribution in [1.82, 2.24) is 14.5 Å². The Hall–Kier alpha value is -2.71. The lowest BCUT2D eigenvalue weighted by Crippen LogP contribution is -2.22. The molecule has 0 aliphatic rings. The molecule has 0 atom stereocenters. The average molecular weight is 568 g/mol. The Morgan fingerprint density at radius 2 is 1.77 bits per heavy atom. The number of aromatic nitrogens is 3. The largest absolute Gasteiger partial charge is 0.361 e. The highest BCUT2D eigenvalue weighted by Gasteiger charge is 2.12. The number of aromatic amines is 1. The van der Waals surface area contributed by atoms with E-state index in [1.165, 1.54) is 0 Å². The van der Waals surface area contributed by atoms with E-state index >= 15 is 0 Å². The summed E-state index contributed by atoms with van der Waals surface area (Å²) in [5, 5.41) is 1.73. The first kappa shape index (κ1) is 19.3. The van der Waals surface area contributed by atoms with E-state index in [2.05, 4.69) is 49.6 Å².